The van der Waals surface area contributed by atoms with Crippen molar-refractivity contribution in [3.63, 3.8) is 0 Å². The van der Waals surface area contributed by atoms with Crippen LogP contribution in [0.4, 0.5) is 10.1 Å². The van der Waals surface area contributed by atoms with Gasteiger partial charge in [-0.2, -0.15) is 5.10 Å². The third-order valence-electron chi connectivity index (χ3n) is 6.57. The number of amides is 1. The zero-order chi connectivity index (χ0) is 23.9. The molecular weight excluding hydrogens is 463 g/mol. The molecule has 6 rings (SSSR count). The van der Waals surface area contributed by atoms with E-state index in [4.69, 9.17) is 4.98 Å². The molecular formula is C26H23FN6OS. The number of nitrogens with zero attached hydrogens (tertiary/aromatic N) is 6. The molecule has 1 fully saturated rings. The van der Waals surface area contributed by atoms with Crippen LogP contribution in [-0.2, 0) is 5.75 Å². The van der Waals surface area contributed by atoms with Gasteiger partial charge in [-0.25, -0.2) is 19.0 Å². The molecule has 0 radical (unpaired) electrons. The smallest absolute Gasteiger partial charge is 0.257 e. The highest BCUT2D eigenvalue weighted by Crippen LogP contribution is 2.40. The Kier molecular flexibility index (Phi) is 5.49. The third kappa shape index (κ3) is 3.95. The summed E-state index contributed by atoms with van der Waals surface area (Å²) in [6.07, 6.45) is 3.47. The van der Waals surface area contributed by atoms with E-state index in [0.29, 0.717) is 37.7 Å². The maximum Gasteiger partial charge on any atom is 0.257 e. The first-order chi connectivity index (χ1) is 17.1. The van der Waals surface area contributed by atoms with Gasteiger partial charge in [0.2, 0.25) is 0 Å². The van der Waals surface area contributed by atoms with Crippen molar-refractivity contribution in [2.24, 2.45) is 0 Å². The van der Waals surface area contributed by atoms with Crippen LogP contribution in [0.15, 0.2) is 65.8 Å². The van der Waals surface area contributed by atoms with Crippen molar-refractivity contribution in [3.05, 3.63) is 83.6 Å². The van der Waals surface area contributed by atoms with Crippen LogP contribution in [0.25, 0.3) is 17.2 Å². The predicted octanol–water partition coefficient (Wildman–Crippen LogP) is 4.34. The zero-order valence-electron chi connectivity index (χ0n) is 19.2. The van der Waals surface area contributed by atoms with E-state index in [9.17, 15) is 9.18 Å². The number of anilines is 1. The molecule has 7 nitrogen and oxygen atoms in total. The van der Waals surface area contributed by atoms with E-state index >= 15 is 0 Å². The van der Waals surface area contributed by atoms with Crippen LogP contribution in [0, 0.1) is 12.7 Å². The number of piperazine rings is 1. The average molecular weight is 487 g/mol. The predicted molar refractivity (Wildman–Crippen MR) is 133 cm³/mol. The van der Waals surface area contributed by atoms with E-state index in [1.54, 1.807) is 34.8 Å². The number of thioether (sulfide) groups is 1. The van der Waals surface area contributed by atoms with E-state index in [-0.39, 0.29) is 11.7 Å². The number of carbonyl (C=O) groups excluding carboxylic acids is 1. The van der Waals surface area contributed by atoms with Gasteiger partial charge in [0.05, 0.1) is 23.1 Å². The highest BCUT2D eigenvalue weighted by molar-refractivity contribution is 7.98. The molecule has 0 bridgehead atoms. The van der Waals surface area contributed by atoms with Gasteiger partial charge >= 0.3 is 0 Å². The molecule has 0 spiro atoms. The van der Waals surface area contributed by atoms with Crippen LogP contribution >= 0.6 is 11.8 Å². The summed E-state index contributed by atoms with van der Waals surface area (Å²) >= 11 is 1.79. The minimum atomic E-state index is -0.249. The highest BCUT2D eigenvalue weighted by atomic mass is 32.2. The quantitative estimate of drug-likeness (QED) is 0.429. The number of hydrogen-bond acceptors (Lipinski definition) is 6. The summed E-state index contributed by atoms with van der Waals surface area (Å²) in [5.41, 5.74) is 5.35. The van der Waals surface area contributed by atoms with Crippen molar-refractivity contribution in [2.45, 2.75) is 17.6 Å². The zero-order valence-corrected chi connectivity index (χ0v) is 20.0. The first kappa shape index (κ1) is 21.8. The Hall–Kier alpha value is -3.72. The minimum Gasteiger partial charge on any atom is -0.368 e. The molecule has 0 aliphatic carbocycles. The van der Waals surface area contributed by atoms with Crippen molar-refractivity contribution in [1.82, 2.24) is 24.6 Å². The van der Waals surface area contributed by atoms with E-state index in [2.05, 4.69) is 27.1 Å². The molecule has 9 heteroatoms. The van der Waals surface area contributed by atoms with Crippen molar-refractivity contribution < 1.29 is 9.18 Å². The molecule has 176 valence electrons. The second-order valence-corrected chi connectivity index (χ2v) is 9.66. The molecule has 2 aliphatic rings. The molecule has 2 aromatic heterocycles. The van der Waals surface area contributed by atoms with Crippen LogP contribution < -0.4 is 4.90 Å². The van der Waals surface area contributed by atoms with E-state index in [1.807, 2.05) is 30.2 Å². The van der Waals surface area contributed by atoms with Gasteiger partial charge in [0, 0.05) is 59.8 Å². The lowest BCUT2D eigenvalue weighted by atomic mass is 10.1. The molecule has 2 aliphatic heterocycles. The maximum absolute atomic E-state index is 13.3. The Balaban J connectivity index is 1.21. The number of aromatic nitrogens is 4. The topological polar surface area (TPSA) is 67.2 Å². The minimum absolute atomic E-state index is 0.0489. The second-order valence-electron chi connectivity index (χ2n) is 8.64. The summed E-state index contributed by atoms with van der Waals surface area (Å²) in [5, 5.41) is 4.47. The van der Waals surface area contributed by atoms with Crippen LogP contribution in [0.5, 0.6) is 0 Å². The summed E-state index contributed by atoms with van der Waals surface area (Å²) < 4.78 is 14.9. The lowest BCUT2D eigenvalue weighted by Crippen LogP contribution is -2.48. The Morgan fingerprint density at radius 1 is 1.00 bits per heavy atom. The van der Waals surface area contributed by atoms with Crippen LogP contribution in [0.3, 0.4) is 0 Å². The fourth-order valence-corrected chi connectivity index (χ4v) is 5.61. The number of halogens is 1. The highest BCUT2D eigenvalue weighted by Gasteiger charge is 2.26. The lowest BCUT2D eigenvalue weighted by molar-refractivity contribution is 0.0746. The van der Waals surface area contributed by atoms with Crippen LogP contribution in [0.2, 0.25) is 0 Å². The molecule has 0 N–H and O–H groups in total. The molecule has 4 heterocycles. The molecule has 0 unspecified atom stereocenters. The van der Waals surface area contributed by atoms with Crippen molar-refractivity contribution >= 4 is 23.4 Å². The van der Waals surface area contributed by atoms with Gasteiger partial charge in [-0.1, -0.05) is 18.2 Å². The van der Waals surface area contributed by atoms with E-state index < -0.39 is 0 Å². The van der Waals surface area contributed by atoms with Gasteiger partial charge in [0.25, 0.3) is 11.9 Å². The average Bonchev–Trinajstić information content (AvgIpc) is 3.29. The number of rotatable bonds is 3. The molecule has 1 saturated heterocycles. The molecule has 4 aromatic rings. The third-order valence-corrected chi connectivity index (χ3v) is 7.69. The lowest BCUT2D eigenvalue weighted by Gasteiger charge is -2.36. The molecule has 0 atom stereocenters. The first-order valence-corrected chi connectivity index (χ1v) is 12.5. The second kappa shape index (κ2) is 8.81. The maximum atomic E-state index is 13.3. The van der Waals surface area contributed by atoms with Gasteiger partial charge in [-0.3, -0.25) is 4.79 Å². The number of carbonyl (C=O) groups is 1. The monoisotopic (exact) mass is 486 g/mol. The van der Waals surface area contributed by atoms with Crippen molar-refractivity contribution in [3.8, 4) is 17.2 Å². The standard InChI is InChI=1S/C26H23FN6OS/c1-17-22(25(34)32-12-10-31(11-13-32)20-8-6-19(27)7-9-20)15-29-33(17)26-28-14-18-16-35-23-5-3-2-4-21(23)24(18)30-26/h2-9,14-15H,10-13,16H2,1H3. The first-order valence-electron chi connectivity index (χ1n) is 11.5. The largest absolute Gasteiger partial charge is 0.368 e. The van der Waals surface area contributed by atoms with Crippen molar-refractivity contribution in [1.29, 1.82) is 0 Å². The van der Waals surface area contributed by atoms with Gasteiger partial charge in [-0.15, -0.1) is 11.8 Å². The number of fused-ring (bicyclic) bond motifs is 3. The summed E-state index contributed by atoms with van der Waals surface area (Å²) in [6, 6.07) is 14.7. The van der Waals surface area contributed by atoms with Gasteiger partial charge in [0.1, 0.15) is 5.82 Å². The van der Waals surface area contributed by atoms with Crippen molar-refractivity contribution in [2.75, 3.05) is 31.1 Å². The van der Waals surface area contributed by atoms with Gasteiger partial charge < -0.3 is 9.80 Å². The normalized spacial score (nSPS) is 15.0. The summed E-state index contributed by atoms with van der Waals surface area (Å²) in [5.74, 6) is 0.995. The Morgan fingerprint density at radius 2 is 1.77 bits per heavy atom. The van der Waals surface area contributed by atoms with Crippen LogP contribution in [0.1, 0.15) is 21.6 Å². The SMILES string of the molecule is Cc1c(C(=O)N2CCN(c3ccc(F)cc3)CC2)cnn1-c1ncc2c(n1)-c1ccccc1SC2. The molecule has 35 heavy (non-hydrogen) atoms. The molecule has 0 saturated carbocycles. The number of hydrogen-bond donors (Lipinski definition) is 0. The van der Waals surface area contributed by atoms with Crippen LogP contribution in [-0.4, -0.2) is 56.7 Å². The van der Waals surface area contributed by atoms with E-state index in [0.717, 1.165) is 34.0 Å². The fraction of sp³-hybridized carbons (Fsp3) is 0.231. The van der Waals surface area contributed by atoms with Gasteiger partial charge in [-0.05, 0) is 37.3 Å². The fourth-order valence-electron chi connectivity index (χ4n) is 4.59. The summed E-state index contributed by atoms with van der Waals surface area (Å²) in [7, 11) is 0. The summed E-state index contributed by atoms with van der Waals surface area (Å²) in [4.78, 5) is 27.9. The Bertz CT molecular complexity index is 1410. The van der Waals surface area contributed by atoms with E-state index in [1.165, 1.54) is 17.0 Å². The van der Waals surface area contributed by atoms with Gasteiger partial charge in [0.15, 0.2) is 0 Å². The molecule has 2 aromatic carbocycles. The summed E-state index contributed by atoms with van der Waals surface area (Å²) in [6.45, 7) is 4.43. The molecule has 1 amide bonds. The number of benzene rings is 2. The Labute approximate surface area is 206 Å². The Morgan fingerprint density at radius 3 is 2.57 bits per heavy atom.